The number of benzene rings is 1. The molecule has 186 valence electrons. The van der Waals surface area contributed by atoms with E-state index >= 15 is 0 Å². The number of nitrogens with zero attached hydrogens (tertiary/aromatic N) is 3. The molecule has 0 radical (unpaired) electrons. The molecule has 4 rings (SSSR count). The van der Waals surface area contributed by atoms with Crippen molar-refractivity contribution >= 4 is 28.9 Å². The first kappa shape index (κ1) is 24.7. The molecule has 2 aromatic heterocycles. The molecule has 0 spiro atoms. The van der Waals surface area contributed by atoms with E-state index in [2.05, 4.69) is 45.5 Å². The molecule has 0 aliphatic heterocycles. The summed E-state index contributed by atoms with van der Waals surface area (Å²) in [5, 5.41) is 7.49. The molecule has 1 aliphatic carbocycles. The van der Waals surface area contributed by atoms with Crippen molar-refractivity contribution in [3.05, 3.63) is 50.8 Å². The topological polar surface area (TPSA) is 121 Å². The van der Waals surface area contributed by atoms with Crippen LogP contribution in [0, 0.1) is 0 Å². The van der Waals surface area contributed by atoms with Crippen molar-refractivity contribution in [2.75, 3.05) is 44.9 Å². The summed E-state index contributed by atoms with van der Waals surface area (Å²) in [5.74, 6) is 0.375. The van der Waals surface area contributed by atoms with E-state index in [0.717, 1.165) is 19.4 Å². The molecule has 10 nitrogen and oxygen atoms in total. The van der Waals surface area contributed by atoms with E-state index in [9.17, 15) is 9.59 Å². The van der Waals surface area contributed by atoms with Crippen molar-refractivity contribution in [3.8, 4) is 16.8 Å². The van der Waals surface area contributed by atoms with Crippen LogP contribution >= 0.6 is 11.3 Å². The zero-order valence-electron chi connectivity index (χ0n) is 20.5. The highest BCUT2D eigenvalue weighted by atomic mass is 32.1. The summed E-state index contributed by atoms with van der Waals surface area (Å²) < 4.78 is 11.2. The van der Waals surface area contributed by atoms with Crippen molar-refractivity contribution in [1.29, 1.82) is 0 Å². The highest BCUT2D eigenvalue weighted by Gasteiger charge is 2.30. The average Bonchev–Trinajstić information content (AvgIpc) is 3.39. The van der Waals surface area contributed by atoms with Gasteiger partial charge >= 0.3 is 0 Å². The molecule has 0 unspecified atom stereocenters. The van der Waals surface area contributed by atoms with Crippen LogP contribution in [0.15, 0.2) is 28.4 Å². The number of aromatic amines is 1. The maximum Gasteiger partial charge on any atom is 0.280 e. The van der Waals surface area contributed by atoms with Crippen molar-refractivity contribution in [1.82, 2.24) is 19.9 Å². The van der Waals surface area contributed by atoms with Crippen LogP contribution in [0.3, 0.4) is 0 Å². The Bertz CT molecular complexity index is 1280. The largest absolute Gasteiger partial charge is 0.479 e. The number of fused-ring (bicyclic) bond motifs is 1. The van der Waals surface area contributed by atoms with Crippen LogP contribution in [0.5, 0.6) is 16.8 Å². The third-order valence-corrected chi connectivity index (χ3v) is 6.64. The molecule has 0 saturated carbocycles. The zero-order valence-corrected chi connectivity index (χ0v) is 21.3. The molecule has 0 bridgehead atoms. The Morgan fingerprint density at radius 3 is 2.83 bits per heavy atom. The minimum atomic E-state index is -0.565. The van der Waals surface area contributed by atoms with E-state index in [1.807, 2.05) is 31.1 Å². The lowest BCUT2D eigenvalue weighted by molar-refractivity contribution is 0.102. The van der Waals surface area contributed by atoms with Crippen LogP contribution in [0.4, 0.5) is 11.6 Å². The van der Waals surface area contributed by atoms with Gasteiger partial charge in [-0.05, 0) is 55.6 Å². The normalized spacial score (nSPS) is 14.0. The van der Waals surface area contributed by atoms with E-state index < -0.39 is 11.5 Å². The predicted molar refractivity (Wildman–Crippen MR) is 136 cm³/mol. The number of likely N-dealkylation sites (N-methyl/N-ethyl adjacent to an activating group) is 1. The second-order valence-electron chi connectivity index (χ2n) is 9.29. The predicted octanol–water partition coefficient (Wildman–Crippen LogP) is 3.48. The number of hydrogen-bond acceptors (Lipinski definition) is 9. The summed E-state index contributed by atoms with van der Waals surface area (Å²) in [7, 11) is 5.27. The molecule has 2 heterocycles. The Kier molecular flexibility index (Phi) is 7.08. The summed E-state index contributed by atoms with van der Waals surface area (Å²) in [6.07, 6.45) is 2.17. The van der Waals surface area contributed by atoms with Gasteiger partial charge in [0.1, 0.15) is 11.4 Å². The summed E-state index contributed by atoms with van der Waals surface area (Å²) in [6.45, 7) is 5.79. The molecule has 3 N–H and O–H groups in total. The Hall–Kier alpha value is -3.44. The standard InChI is InChI=1S/C24H30N6O4S/c1-24(2)9-8-14-6-7-15(12-16(14)24)34-23-26-17(13-35-23)19(31)27-18-20(32)28-22(29-21(18)33-5)25-10-11-30(3)4/h6-7,12-13H,8-11H2,1-5H3,(H,27,31)(H2,25,28,29,32). The van der Waals surface area contributed by atoms with Crippen molar-refractivity contribution in [2.24, 2.45) is 0 Å². The number of hydrogen-bond donors (Lipinski definition) is 3. The number of carbonyl (C=O) groups excluding carboxylic acids is 1. The molecule has 0 fully saturated rings. The maximum absolute atomic E-state index is 12.8. The van der Waals surface area contributed by atoms with Crippen LogP contribution in [-0.4, -0.2) is 60.1 Å². The highest BCUT2D eigenvalue weighted by Crippen LogP contribution is 2.40. The average molecular weight is 499 g/mol. The lowest BCUT2D eigenvalue weighted by Crippen LogP contribution is -2.25. The second kappa shape index (κ2) is 10.0. The number of aryl methyl sites for hydroxylation is 1. The number of rotatable bonds is 9. The second-order valence-corrected chi connectivity index (χ2v) is 10.1. The molecule has 11 heteroatoms. The van der Waals surface area contributed by atoms with Gasteiger partial charge in [-0.1, -0.05) is 31.3 Å². The number of thiazole rings is 1. The van der Waals surface area contributed by atoms with Gasteiger partial charge in [0.15, 0.2) is 5.69 Å². The van der Waals surface area contributed by atoms with Gasteiger partial charge in [-0.25, -0.2) is 0 Å². The van der Waals surface area contributed by atoms with Crippen molar-refractivity contribution < 1.29 is 14.3 Å². The fourth-order valence-electron chi connectivity index (χ4n) is 3.93. The quantitative estimate of drug-likeness (QED) is 0.410. The smallest absolute Gasteiger partial charge is 0.280 e. The first-order valence-corrected chi connectivity index (χ1v) is 12.2. The number of anilines is 2. The van der Waals surface area contributed by atoms with Gasteiger partial charge in [0, 0.05) is 18.5 Å². The number of carbonyl (C=O) groups is 1. The Balaban J connectivity index is 1.45. The van der Waals surface area contributed by atoms with Gasteiger partial charge in [0.2, 0.25) is 11.8 Å². The molecular weight excluding hydrogens is 468 g/mol. The molecular formula is C24H30N6O4S. The fraction of sp³-hybridized carbons (Fsp3) is 0.417. The zero-order chi connectivity index (χ0) is 25.2. The Labute approximate surface area is 207 Å². The van der Waals surface area contributed by atoms with E-state index in [1.54, 1.807) is 5.38 Å². The van der Waals surface area contributed by atoms with Gasteiger partial charge in [0.25, 0.3) is 16.7 Å². The van der Waals surface area contributed by atoms with Gasteiger partial charge < -0.3 is 25.0 Å². The lowest BCUT2D eigenvalue weighted by Gasteiger charge is -2.19. The van der Waals surface area contributed by atoms with E-state index in [1.165, 1.54) is 29.6 Å². The monoisotopic (exact) mass is 498 g/mol. The van der Waals surface area contributed by atoms with Crippen LogP contribution in [0.25, 0.3) is 0 Å². The Morgan fingerprint density at radius 1 is 1.29 bits per heavy atom. The number of methoxy groups -OCH3 is 1. The minimum Gasteiger partial charge on any atom is -0.479 e. The lowest BCUT2D eigenvalue weighted by atomic mass is 9.86. The summed E-state index contributed by atoms with van der Waals surface area (Å²) in [6, 6.07) is 6.06. The first-order chi connectivity index (χ1) is 16.7. The van der Waals surface area contributed by atoms with Gasteiger partial charge in [-0.3, -0.25) is 14.6 Å². The minimum absolute atomic E-state index is 0.00177. The molecule has 0 atom stereocenters. The van der Waals surface area contributed by atoms with Crippen LogP contribution in [0.2, 0.25) is 0 Å². The summed E-state index contributed by atoms with van der Waals surface area (Å²) >= 11 is 1.20. The molecule has 1 aromatic carbocycles. The number of H-pyrrole nitrogens is 1. The molecule has 3 aromatic rings. The maximum atomic E-state index is 12.8. The third kappa shape index (κ3) is 5.63. The van der Waals surface area contributed by atoms with Crippen LogP contribution in [-0.2, 0) is 11.8 Å². The molecule has 1 amide bonds. The summed E-state index contributed by atoms with van der Waals surface area (Å²) in [4.78, 5) is 38.5. The number of amides is 1. The third-order valence-electron chi connectivity index (χ3n) is 5.92. The highest BCUT2D eigenvalue weighted by molar-refractivity contribution is 7.11. The van der Waals surface area contributed by atoms with Crippen LogP contribution < -0.4 is 25.7 Å². The molecule has 35 heavy (non-hydrogen) atoms. The van der Waals surface area contributed by atoms with Gasteiger partial charge in [0.05, 0.1) is 7.11 Å². The van der Waals surface area contributed by atoms with Crippen LogP contribution in [0.1, 0.15) is 41.9 Å². The first-order valence-electron chi connectivity index (χ1n) is 11.3. The number of aromatic nitrogens is 3. The summed E-state index contributed by atoms with van der Waals surface area (Å²) in [5.41, 5.74) is 2.23. The SMILES string of the molecule is COc1nc(NCCN(C)C)[nH]c(=O)c1NC(=O)c1csc(Oc2ccc3c(c2)C(C)(C)CC3)n1. The Morgan fingerprint density at radius 2 is 2.09 bits per heavy atom. The molecule has 1 aliphatic rings. The van der Waals surface area contributed by atoms with Crippen molar-refractivity contribution in [3.63, 3.8) is 0 Å². The van der Waals surface area contributed by atoms with Gasteiger partial charge in [-0.15, -0.1) is 0 Å². The van der Waals surface area contributed by atoms with Gasteiger partial charge in [-0.2, -0.15) is 9.97 Å². The number of nitrogens with one attached hydrogen (secondary N) is 3. The molecule has 0 saturated heterocycles. The van der Waals surface area contributed by atoms with E-state index in [4.69, 9.17) is 9.47 Å². The van der Waals surface area contributed by atoms with E-state index in [-0.39, 0.29) is 28.6 Å². The number of ether oxygens (including phenoxy) is 2. The fourth-order valence-corrected chi connectivity index (χ4v) is 4.60. The van der Waals surface area contributed by atoms with E-state index in [0.29, 0.717) is 17.5 Å². The van der Waals surface area contributed by atoms with Crippen molar-refractivity contribution in [2.45, 2.75) is 32.1 Å².